The fraction of sp³-hybridized carbons (Fsp3) is 0.250. The van der Waals surface area contributed by atoms with Crippen molar-refractivity contribution in [2.75, 3.05) is 11.1 Å². The molecule has 2 rings (SSSR count). The van der Waals surface area contributed by atoms with E-state index >= 15 is 0 Å². The van der Waals surface area contributed by atoms with Crippen molar-refractivity contribution >= 4 is 51.4 Å². The normalized spacial score (nSPS) is 10.7. The van der Waals surface area contributed by atoms with E-state index < -0.39 is 0 Å². The number of hydrogen-bond donors (Lipinski definition) is 2. The fourth-order valence-corrected chi connectivity index (χ4v) is 2.73. The first kappa shape index (κ1) is 13.5. The van der Waals surface area contributed by atoms with Crippen molar-refractivity contribution in [2.24, 2.45) is 7.05 Å². The highest BCUT2D eigenvalue weighted by atomic mass is 127. The number of anilines is 3. The summed E-state index contributed by atoms with van der Waals surface area (Å²) in [5.74, 6) is 0.812. The molecular weight excluding hydrogens is 363 g/mol. The number of hydrogen-bond acceptors (Lipinski definition) is 3. The number of nitrogens with one attached hydrogen (secondary N) is 1. The lowest BCUT2D eigenvalue weighted by atomic mass is 10.3. The molecule has 1 aromatic carbocycles. The molecule has 18 heavy (non-hydrogen) atoms. The molecule has 0 aliphatic heterocycles. The smallest absolute Gasteiger partial charge is 0.152 e. The molecule has 0 amide bonds. The number of halogens is 2. The van der Waals surface area contributed by atoms with E-state index in [2.05, 4.69) is 33.0 Å². The standard InChI is InChI=1S/C12H14ClIN4/c1-3-9-11(15)12(18(2)17-9)16-10-5-4-7(13)6-8(10)14/h4-6,16H,3,15H2,1-2H3. The van der Waals surface area contributed by atoms with E-state index in [0.29, 0.717) is 5.69 Å². The molecular formula is C12H14ClIN4. The van der Waals surface area contributed by atoms with Gasteiger partial charge in [-0.2, -0.15) is 5.10 Å². The van der Waals surface area contributed by atoms with Crippen molar-refractivity contribution in [2.45, 2.75) is 13.3 Å². The zero-order chi connectivity index (χ0) is 13.3. The van der Waals surface area contributed by atoms with Gasteiger partial charge in [0.15, 0.2) is 5.82 Å². The van der Waals surface area contributed by atoms with Crippen molar-refractivity contribution in [3.8, 4) is 0 Å². The van der Waals surface area contributed by atoms with E-state index in [-0.39, 0.29) is 0 Å². The van der Waals surface area contributed by atoms with Gasteiger partial charge in [0.05, 0.1) is 17.1 Å². The van der Waals surface area contributed by atoms with E-state index in [4.69, 9.17) is 17.3 Å². The summed E-state index contributed by atoms with van der Waals surface area (Å²) >= 11 is 8.17. The van der Waals surface area contributed by atoms with Crippen LogP contribution >= 0.6 is 34.2 Å². The van der Waals surface area contributed by atoms with E-state index in [1.807, 2.05) is 32.2 Å². The van der Waals surface area contributed by atoms with E-state index in [1.165, 1.54) is 0 Å². The minimum Gasteiger partial charge on any atom is -0.394 e. The summed E-state index contributed by atoms with van der Waals surface area (Å²) in [6.45, 7) is 2.04. The van der Waals surface area contributed by atoms with Crippen LogP contribution in [-0.2, 0) is 13.5 Å². The Morgan fingerprint density at radius 1 is 1.50 bits per heavy atom. The van der Waals surface area contributed by atoms with Gasteiger partial charge in [0.25, 0.3) is 0 Å². The van der Waals surface area contributed by atoms with Crippen LogP contribution in [0.3, 0.4) is 0 Å². The van der Waals surface area contributed by atoms with Crippen LogP contribution in [0, 0.1) is 3.57 Å². The second-order valence-electron chi connectivity index (χ2n) is 3.94. The van der Waals surface area contributed by atoms with Gasteiger partial charge < -0.3 is 11.1 Å². The molecule has 4 nitrogen and oxygen atoms in total. The number of aromatic nitrogens is 2. The summed E-state index contributed by atoms with van der Waals surface area (Å²) in [5, 5.41) is 8.39. The van der Waals surface area contributed by atoms with E-state index in [9.17, 15) is 0 Å². The zero-order valence-corrected chi connectivity index (χ0v) is 13.1. The van der Waals surface area contributed by atoms with Gasteiger partial charge in [0.2, 0.25) is 0 Å². The number of nitrogens with zero attached hydrogens (tertiary/aromatic N) is 2. The van der Waals surface area contributed by atoms with Crippen LogP contribution in [0.1, 0.15) is 12.6 Å². The van der Waals surface area contributed by atoms with Crippen LogP contribution in [-0.4, -0.2) is 9.78 Å². The Hall–Kier alpha value is -0.950. The summed E-state index contributed by atoms with van der Waals surface area (Å²) in [6.07, 6.45) is 0.819. The quantitative estimate of drug-likeness (QED) is 0.805. The predicted octanol–water partition coefficient (Wildman–Crippen LogP) is 3.57. The molecule has 0 saturated heterocycles. The van der Waals surface area contributed by atoms with Crippen molar-refractivity contribution in [3.05, 3.63) is 32.5 Å². The monoisotopic (exact) mass is 376 g/mol. The van der Waals surface area contributed by atoms with Gasteiger partial charge in [-0.25, -0.2) is 0 Å². The Morgan fingerprint density at radius 2 is 2.22 bits per heavy atom. The molecule has 0 unspecified atom stereocenters. The maximum absolute atomic E-state index is 6.07. The molecule has 0 spiro atoms. The van der Waals surface area contributed by atoms with Gasteiger partial charge in [0, 0.05) is 15.6 Å². The second kappa shape index (κ2) is 5.36. The third-order valence-corrected chi connectivity index (χ3v) is 3.81. The van der Waals surface area contributed by atoms with Crippen molar-refractivity contribution in [1.82, 2.24) is 9.78 Å². The Morgan fingerprint density at radius 3 is 2.78 bits per heavy atom. The highest BCUT2D eigenvalue weighted by Gasteiger charge is 2.13. The first-order valence-corrected chi connectivity index (χ1v) is 7.02. The first-order valence-electron chi connectivity index (χ1n) is 5.56. The molecule has 96 valence electrons. The highest BCUT2D eigenvalue weighted by Crippen LogP contribution is 2.29. The van der Waals surface area contributed by atoms with Crippen molar-refractivity contribution in [3.63, 3.8) is 0 Å². The number of rotatable bonds is 3. The molecule has 0 aliphatic rings. The summed E-state index contributed by atoms with van der Waals surface area (Å²) in [4.78, 5) is 0. The maximum Gasteiger partial charge on any atom is 0.152 e. The molecule has 0 aliphatic carbocycles. The van der Waals surface area contributed by atoms with Gasteiger partial charge in [-0.3, -0.25) is 4.68 Å². The lowest BCUT2D eigenvalue weighted by Gasteiger charge is -2.10. The third kappa shape index (κ3) is 2.56. The number of nitrogen functional groups attached to an aromatic ring is 1. The molecule has 0 fully saturated rings. The minimum atomic E-state index is 0.700. The number of benzene rings is 1. The van der Waals surface area contributed by atoms with Crippen LogP contribution in [0.4, 0.5) is 17.2 Å². The lowest BCUT2D eigenvalue weighted by molar-refractivity contribution is 0.753. The summed E-state index contributed by atoms with van der Waals surface area (Å²) < 4.78 is 2.80. The SMILES string of the molecule is CCc1nn(C)c(Nc2ccc(Cl)cc2I)c1N. The van der Waals surface area contributed by atoms with Crippen molar-refractivity contribution in [1.29, 1.82) is 0 Å². The van der Waals surface area contributed by atoms with E-state index in [0.717, 1.165) is 32.2 Å². The second-order valence-corrected chi connectivity index (χ2v) is 5.53. The molecule has 2 aromatic rings. The molecule has 0 bridgehead atoms. The number of aryl methyl sites for hydroxylation is 2. The molecule has 0 atom stereocenters. The van der Waals surface area contributed by atoms with Crippen LogP contribution < -0.4 is 11.1 Å². The molecule has 1 aromatic heterocycles. The van der Waals surface area contributed by atoms with Crippen LogP contribution in [0.15, 0.2) is 18.2 Å². The molecule has 0 saturated carbocycles. The Labute approximate surface area is 125 Å². The topological polar surface area (TPSA) is 55.9 Å². The fourth-order valence-electron chi connectivity index (χ4n) is 1.72. The van der Waals surface area contributed by atoms with Crippen molar-refractivity contribution < 1.29 is 0 Å². The summed E-state index contributed by atoms with van der Waals surface area (Å²) in [5.41, 5.74) is 8.64. The number of nitrogens with two attached hydrogens (primary N) is 1. The Kier molecular flexibility index (Phi) is 4.01. The van der Waals surface area contributed by atoms with Gasteiger partial charge >= 0.3 is 0 Å². The molecule has 3 N–H and O–H groups in total. The average molecular weight is 377 g/mol. The average Bonchev–Trinajstić information content (AvgIpc) is 2.59. The lowest BCUT2D eigenvalue weighted by Crippen LogP contribution is -2.02. The minimum absolute atomic E-state index is 0.700. The highest BCUT2D eigenvalue weighted by molar-refractivity contribution is 14.1. The Balaban J connectivity index is 2.37. The van der Waals surface area contributed by atoms with Crippen LogP contribution in [0.2, 0.25) is 5.02 Å². The summed E-state index contributed by atoms with van der Waals surface area (Å²) in [7, 11) is 1.88. The van der Waals surface area contributed by atoms with Gasteiger partial charge in [-0.15, -0.1) is 0 Å². The Bertz CT molecular complexity index is 580. The van der Waals surface area contributed by atoms with Gasteiger partial charge in [-0.1, -0.05) is 18.5 Å². The van der Waals surface area contributed by atoms with Gasteiger partial charge in [-0.05, 0) is 47.2 Å². The largest absolute Gasteiger partial charge is 0.394 e. The zero-order valence-electron chi connectivity index (χ0n) is 10.2. The maximum atomic E-state index is 6.07. The van der Waals surface area contributed by atoms with Crippen LogP contribution in [0.25, 0.3) is 0 Å². The van der Waals surface area contributed by atoms with E-state index in [1.54, 1.807) is 4.68 Å². The van der Waals surface area contributed by atoms with Crippen LogP contribution in [0.5, 0.6) is 0 Å². The molecule has 1 heterocycles. The predicted molar refractivity (Wildman–Crippen MR) is 84.5 cm³/mol. The third-order valence-electron chi connectivity index (χ3n) is 2.68. The molecule has 6 heteroatoms. The summed E-state index contributed by atoms with van der Waals surface area (Å²) in [6, 6.07) is 5.68. The van der Waals surface area contributed by atoms with Gasteiger partial charge in [0.1, 0.15) is 0 Å². The molecule has 0 radical (unpaired) electrons. The first-order chi connectivity index (χ1) is 8.52.